The van der Waals surface area contributed by atoms with Crippen LogP contribution in [0.4, 0.5) is 11.4 Å². The van der Waals surface area contributed by atoms with Gasteiger partial charge in [0.25, 0.3) is 5.91 Å². The van der Waals surface area contributed by atoms with Gasteiger partial charge >= 0.3 is 0 Å². The molecule has 2 heterocycles. The smallest absolute Gasteiger partial charge is 0.273 e. The van der Waals surface area contributed by atoms with Gasteiger partial charge < -0.3 is 16.0 Å². The van der Waals surface area contributed by atoms with Crippen molar-refractivity contribution >= 4 is 40.6 Å². The van der Waals surface area contributed by atoms with E-state index in [4.69, 9.17) is 16.3 Å². The van der Waals surface area contributed by atoms with E-state index in [9.17, 15) is 9.35 Å². The SMILES string of the molecule is CCCN(OCc1ccc(N)cc1)C(=O)C1=Cc2ccc([S+]([O-])N3CCCCC3)cc2N=C(N)C1. The van der Waals surface area contributed by atoms with Crippen molar-refractivity contribution in [2.24, 2.45) is 10.7 Å². The third kappa shape index (κ3) is 6.43. The Morgan fingerprint density at radius 2 is 1.89 bits per heavy atom. The molecule has 8 nitrogen and oxygen atoms in total. The van der Waals surface area contributed by atoms with Crippen LogP contribution in [0.5, 0.6) is 0 Å². The Balaban J connectivity index is 1.53. The molecule has 0 bridgehead atoms. The predicted molar refractivity (Wildman–Crippen MR) is 140 cm³/mol. The summed E-state index contributed by atoms with van der Waals surface area (Å²) in [6, 6.07) is 12.9. The highest BCUT2D eigenvalue weighted by molar-refractivity contribution is 7.89. The minimum Gasteiger partial charge on any atom is -0.593 e. The fourth-order valence-corrected chi connectivity index (χ4v) is 5.44. The van der Waals surface area contributed by atoms with Crippen molar-refractivity contribution in [1.82, 2.24) is 9.37 Å². The van der Waals surface area contributed by atoms with Crippen LogP contribution in [0.15, 0.2) is 57.9 Å². The van der Waals surface area contributed by atoms with Gasteiger partial charge in [0, 0.05) is 48.9 Å². The molecule has 0 saturated carbocycles. The largest absolute Gasteiger partial charge is 0.593 e. The molecule has 35 heavy (non-hydrogen) atoms. The number of piperidine rings is 1. The summed E-state index contributed by atoms with van der Waals surface area (Å²) in [6.45, 7) is 4.35. The number of rotatable bonds is 8. The molecular weight excluding hydrogens is 462 g/mol. The van der Waals surface area contributed by atoms with Crippen LogP contribution in [0.1, 0.15) is 50.2 Å². The van der Waals surface area contributed by atoms with Gasteiger partial charge in [-0.3, -0.25) is 9.63 Å². The van der Waals surface area contributed by atoms with Crippen LogP contribution in [-0.2, 0) is 27.6 Å². The Kier molecular flexibility index (Phi) is 8.46. The molecule has 0 aromatic heterocycles. The fourth-order valence-electron chi connectivity index (χ4n) is 4.15. The maximum Gasteiger partial charge on any atom is 0.273 e. The minimum atomic E-state index is -1.24. The number of anilines is 1. The van der Waals surface area contributed by atoms with Crippen LogP contribution in [0.3, 0.4) is 0 Å². The molecular formula is C26H33N5O3S. The Hall–Kier alpha value is -2.85. The highest BCUT2D eigenvalue weighted by atomic mass is 32.2. The monoisotopic (exact) mass is 495 g/mol. The Bertz CT molecular complexity index is 1100. The first-order valence-electron chi connectivity index (χ1n) is 12.1. The molecule has 0 spiro atoms. The third-order valence-electron chi connectivity index (χ3n) is 6.01. The van der Waals surface area contributed by atoms with Crippen molar-refractivity contribution in [1.29, 1.82) is 0 Å². The first kappa shape index (κ1) is 25.2. The van der Waals surface area contributed by atoms with Crippen LogP contribution < -0.4 is 11.5 Å². The van der Waals surface area contributed by atoms with E-state index in [0.29, 0.717) is 34.2 Å². The molecule has 1 saturated heterocycles. The van der Waals surface area contributed by atoms with Crippen molar-refractivity contribution < 1.29 is 14.2 Å². The summed E-state index contributed by atoms with van der Waals surface area (Å²) in [7, 11) is 0. The quantitative estimate of drug-likeness (QED) is 0.325. The lowest BCUT2D eigenvalue weighted by Gasteiger charge is -2.27. The van der Waals surface area contributed by atoms with Crippen molar-refractivity contribution in [3.05, 3.63) is 59.2 Å². The van der Waals surface area contributed by atoms with Crippen molar-refractivity contribution in [2.75, 3.05) is 25.4 Å². The zero-order valence-electron chi connectivity index (χ0n) is 20.1. The number of nitrogen functional groups attached to an aromatic ring is 1. The summed E-state index contributed by atoms with van der Waals surface area (Å²) in [6.07, 6.45) is 6.06. The van der Waals surface area contributed by atoms with Gasteiger partial charge in [0.05, 0.1) is 17.0 Å². The second-order valence-corrected chi connectivity index (χ2v) is 10.3. The zero-order chi connectivity index (χ0) is 24.8. The summed E-state index contributed by atoms with van der Waals surface area (Å²) in [5.41, 5.74) is 15.4. The average Bonchev–Trinajstić information content (AvgIpc) is 3.04. The van der Waals surface area contributed by atoms with Crippen LogP contribution in [-0.4, -0.2) is 45.3 Å². The lowest BCUT2D eigenvalue weighted by atomic mass is 10.1. The first-order valence-corrected chi connectivity index (χ1v) is 13.2. The van der Waals surface area contributed by atoms with Crippen LogP contribution >= 0.6 is 0 Å². The van der Waals surface area contributed by atoms with Crippen LogP contribution in [0, 0.1) is 0 Å². The number of amidine groups is 1. The van der Waals surface area contributed by atoms with E-state index in [1.165, 1.54) is 11.5 Å². The zero-order valence-corrected chi connectivity index (χ0v) is 20.9. The summed E-state index contributed by atoms with van der Waals surface area (Å²) in [5.74, 6) is 0.0912. The lowest BCUT2D eigenvalue weighted by molar-refractivity contribution is -0.187. The summed E-state index contributed by atoms with van der Waals surface area (Å²) in [5, 5.41) is 1.39. The minimum absolute atomic E-state index is 0.212. The summed E-state index contributed by atoms with van der Waals surface area (Å²) >= 11 is -1.24. The van der Waals surface area contributed by atoms with E-state index < -0.39 is 11.4 Å². The van der Waals surface area contributed by atoms with Gasteiger partial charge in [0.2, 0.25) is 0 Å². The van der Waals surface area contributed by atoms with Gasteiger partial charge in [-0.25, -0.2) is 10.1 Å². The van der Waals surface area contributed by atoms with Gasteiger partial charge in [-0.1, -0.05) is 25.5 Å². The summed E-state index contributed by atoms with van der Waals surface area (Å²) < 4.78 is 15.1. The van der Waals surface area contributed by atoms with E-state index in [2.05, 4.69) is 4.99 Å². The first-order chi connectivity index (χ1) is 16.9. The Morgan fingerprint density at radius 1 is 1.14 bits per heavy atom. The molecule has 1 fully saturated rings. The molecule has 0 radical (unpaired) electrons. The third-order valence-corrected chi connectivity index (χ3v) is 7.50. The van der Waals surface area contributed by atoms with Crippen LogP contribution in [0.2, 0.25) is 0 Å². The highest BCUT2D eigenvalue weighted by Crippen LogP contribution is 2.31. The van der Waals surface area contributed by atoms with Crippen LogP contribution in [0.25, 0.3) is 6.08 Å². The summed E-state index contributed by atoms with van der Waals surface area (Å²) in [4.78, 5) is 24.5. The number of aliphatic imine (C=N–C) groups is 1. The molecule has 1 atom stereocenters. The lowest BCUT2D eigenvalue weighted by Crippen LogP contribution is -2.35. The molecule has 4 rings (SSSR count). The fraction of sp³-hybridized carbons (Fsp3) is 0.385. The molecule has 4 N–H and O–H groups in total. The van der Waals surface area contributed by atoms with E-state index >= 15 is 0 Å². The number of hydrogen-bond acceptors (Lipinski definition) is 7. The number of nitrogens with zero attached hydrogens (tertiary/aromatic N) is 3. The van der Waals surface area contributed by atoms with Gasteiger partial charge in [0.15, 0.2) is 4.90 Å². The normalized spacial score (nSPS) is 17.1. The van der Waals surface area contributed by atoms with Gasteiger partial charge in [-0.15, -0.1) is 4.31 Å². The topological polar surface area (TPSA) is 120 Å². The second-order valence-electron chi connectivity index (χ2n) is 8.83. The molecule has 9 heteroatoms. The van der Waals surface area contributed by atoms with Crippen molar-refractivity contribution in [2.45, 2.75) is 50.5 Å². The number of nitrogens with two attached hydrogens (primary N) is 2. The molecule has 1 amide bonds. The number of benzene rings is 2. The number of hydrogen-bond donors (Lipinski definition) is 2. The highest BCUT2D eigenvalue weighted by Gasteiger charge is 2.27. The average molecular weight is 496 g/mol. The molecule has 1 unspecified atom stereocenters. The maximum atomic E-state index is 13.4. The van der Waals surface area contributed by atoms with Gasteiger partial charge in [0.1, 0.15) is 12.4 Å². The van der Waals surface area contributed by atoms with E-state index in [1.807, 2.05) is 47.6 Å². The predicted octanol–water partition coefficient (Wildman–Crippen LogP) is 3.92. The van der Waals surface area contributed by atoms with Crippen molar-refractivity contribution in [3.8, 4) is 0 Å². The number of carbonyl (C=O) groups is 1. The molecule has 0 aliphatic carbocycles. The maximum absolute atomic E-state index is 13.4. The molecule has 2 aliphatic rings. The molecule has 186 valence electrons. The molecule has 2 aliphatic heterocycles. The standard InChI is InChI=1S/C26H33N5O3S/c1-2-12-31(34-18-19-6-9-22(27)10-7-19)26(32)21-15-20-8-11-23(17-24(20)29-25(28)16-21)35(33)30-13-4-3-5-14-30/h6-11,15,17H,2-5,12-14,16,18,27H2,1H3,(H2,28,29). The van der Waals surface area contributed by atoms with E-state index in [1.54, 1.807) is 12.1 Å². The van der Waals surface area contributed by atoms with E-state index in [-0.39, 0.29) is 18.9 Å². The number of fused-ring (bicyclic) bond motifs is 1. The Labute approximate surface area is 209 Å². The number of carbonyl (C=O) groups excluding carboxylic acids is 1. The second kappa shape index (κ2) is 11.7. The number of amides is 1. The number of hydroxylamine groups is 2. The molecule has 2 aromatic carbocycles. The van der Waals surface area contributed by atoms with E-state index in [0.717, 1.165) is 43.5 Å². The van der Waals surface area contributed by atoms with Gasteiger partial charge in [-0.05, 0) is 55.2 Å². The molecule has 2 aromatic rings. The van der Waals surface area contributed by atoms with Gasteiger partial charge in [-0.2, -0.15) is 0 Å². The van der Waals surface area contributed by atoms with Crippen molar-refractivity contribution in [3.63, 3.8) is 0 Å². The Morgan fingerprint density at radius 3 is 2.60 bits per heavy atom.